The van der Waals surface area contributed by atoms with Crippen LogP contribution >= 0.6 is 11.3 Å². The Labute approximate surface area is 151 Å². The number of aryl methyl sites for hydroxylation is 2. The normalized spacial score (nSPS) is 13.4. The molecule has 2 heterocycles. The molecule has 1 aromatic carbocycles. The number of hydrogen-bond donors (Lipinski definition) is 1. The van der Waals surface area contributed by atoms with Gasteiger partial charge in [0.15, 0.2) is 0 Å². The van der Waals surface area contributed by atoms with Crippen LogP contribution in [0.1, 0.15) is 38.6 Å². The van der Waals surface area contributed by atoms with Gasteiger partial charge in [0, 0.05) is 24.0 Å². The fourth-order valence-electron chi connectivity index (χ4n) is 3.21. The van der Waals surface area contributed by atoms with Crippen LogP contribution in [0.5, 0.6) is 0 Å². The predicted octanol–water partition coefficient (Wildman–Crippen LogP) is 3.79. The van der Waals surface area contributed by atoms with Crippen molar-refractivity contribution < 1.29 is 4.79 Å². The van der Waals surface area contributed by atoms with Crippen molar-refractivity contribution in [3.8, 4) is 5.69 Å². The number of amides is 1. The lowest BCUT2D eigenvalue weighted by Gasteiger charge is -2.08. The van der Waals surface area contributed by atoms with Crippen LogP contribution in [0.3, 0.4) is 0 Å². The number of nitrogens with zero attached hydrogens (tertiary/aromatic N) is 2. The molecular weight excluding hydrogens is 330 g/mol. The number of carbonyl (C=O) groups excluding carboxylic acids is 1. The van der Waals surface area contributed by atoms with Gasteiger partial charge in [0.2, 0.25) is 0 Å². The maximum Gasteiger partial charge on any atom is 0.261 e. The second-order valence-corrected chi connectivity index (χ2v) is 7.50. The highest BCUT2D eigenvalue weighted by Crippen LogP contribution is 2.29. The van der Waals surface area contributed by atoms with Crippen molar-refractivity contribution in [2.45, 2.75) is 32.1 Å². The minimum Gasteiger partial charge on any atom is -0.351 e. The molecule has 1 amide bonds. The van der Waals surface area contributed by atoms with Gasteiger partial charge in [-0.3, -0.25) is 4.79 Å². The predicted molar refractivity (Wildman–Crippen MR) is 101 cm³/mol. The smallest absolute Gasteiger partial charge is 0.261 e. The first kappa shape index (κ1) is 16.1. The van der Waals surface area contributed by atoms with Crippen molar-refractivity contribution in [3.63, 3.8) is 0 Å². The molecule has 0 aliphatic heterocycles. The fourth-order valence-corrected chi connectivity index (χ4v) is 4.38. The SMILES string of the molecule is O=C(NCCc1ccn(-c2ccccc2)n1)c1cc2c(s1)CCCC2. The maximum absolute atomic E-state index is 12.4. The van der Waals surface area contributed by atoms with Gasteiger partial charge < -0.3 is 5.32 Å². The second-order valence-electron chi connectivity index (χ2n) is 6.36. The summed E-state index contributed by atoms with van der Waals surface area (Å²) in [7, 11) is 0. The zero-order valence-electron chi connectivity index (χ0n) is 14.1. The molecule has 3 aromatic rings. The van der Waals surface area contributed by atoms with Crippen LogP contribution in [0.25, 0.3) is 5.69 Å². The summed E-state index contributed by atoms with van der Waals surface area (Å²) in [5.74, 6) is 0.0434. The Morgan fingerprint density at radius 1 is 1.16 bits per heavy atom. The van der Waals surface area contributed by atoms with Crippen LogP contribution in [0.4, 0.5) is 0 Å². The molecule has 128 valence electrons. The van der Waals surface area contributed by atoms with Crippen LogP contribution in [-0.4, -0.2) is 22.2 Å². The van der Waals surface area contributed by atoms with E-state index in [4.69, 9.17) is 0 Å². The van der Waals surface area contributed by atoms with Gasteiger partial charge in [-0.15, -0.1) is 11.3 Å². The molecule has 1 N–H and O–H groups in total. The van der Waals surface area contributed by atoms with Crippen molar-refractivity contribution in [2.24, 2.45) is 0 Å². The first-order valence-corrected chi connectivity index (χ1v) is 9.61. The number of fused-ring (bicyclic) bond motifs is 1. The molecule has 25 heavy (non-hydrogen) atoms. The first-order chi connectivity index (χ1) is 12.3. The average molecular weight is 351 g/mol. The van der Waals surface area contributed by atoms with E-state index in [1.807, 2.05) is 47.3 Å². The molecule has 0 atom stereocenters. The molecule has 4 rings (SSSR count). The Balaban J connectivity index is 1.32. The highest BCUT2D eigenvalue weighted by atomic mass is 32.1. The van der Waals surface area contributed by atoms with Gasteiger partial charge in [0.25, 0.3) is 5.91 Å². The Kier molecular flexibility index (Phi) is 4.65. The maximum atomic E-state index is 12.4. The average Bonchev–Trinajstić information content (AvgIpc) is 3.29. The molecule has 5 heteroatoms. The molecule has 0 fully saturated rings. The third-order valence-corrected chi connectivity index (χ3v) is 5.79. The van der Waals surface area contributed by atoms with Crippen molar-refractivity contribution in [1.82, 2.24) is 15.1 Å². The minimum atomic E-state index is 0.0434. The number of benzene rings is 1. The van der Waals surface area contributed by atoms with E-state index in [1.54, 1.807) is 11.3 Å². The molecule has 1 aliphatic carbocycles. The van der Waals surface area contributed by atoms with Gasteiger partial charge in [-0.2, -0.15) is 5.10 Å². The molecule has 0 saturated heterocycles. The van der Waals surface area contributed by atoms with E-state index in [0.717, 1.165) is 35.5 Å². The van der Waals surface area contributed by atoms with Gasteiger partial charge in [-0.05, 0) is 55.5 Å². The lowest BCUT2D eigenvalue weighted by molar-refractivity contribution is 0.0958. The lowest BCUT2D eigenvalue weighted by atomic mass is 9.99. The summed E-state index contributed by atoms with van der Waals surface area (Å²) >= 11 is 1.66. The number of thiophene rings is 1. The first-order valence-electron chi connectivity index (χ1n) is 8.79. The van der Waals surface area contributed by atoms with Crippen LogP contribution in [-0.2, 0) is 19.3 Å². The van der Waals surface area contributed by atoms with Gasteiger partial charge in [-0.1, -0.05) is 18.2 Å². The van der Waals surface area contributed by atoms with Crippen molar-refractivity contribution in [3.05, 3.63) is 69.7 Å². The van der Waals surface area contributed by atoms with Crippen molar-refractivity contribution in [2.75, 3.05) is 6.54 Å². The zero-order chi connectivity index (χ0) is 17.1. The quantitative estimate of drug-likeness (QED) is 0.760. The van der Waals surface area contributed by atoms with Gasteiger partial charge in [0.1, 0.15) is 0 Å². The summed E-state index contributed by atoms with van der Waals surface area (Å²) in [6, 6.07) is 14.1. The number of aromatic nitrogens is 2. The van der Waals surface area contributed by atoms with E-state index < -0.39 is 0 Å². The Hall–Kier alpha value is -2.40. The van der Waals surface area contributed by atoms with E-state index in [0.29, 0.717) is 6.54 Å². The largest absolute Gasteiger partial charge is 0.351 e. The van der Waals surface area contributed by atoms with Crippen LogP contribution in [0, 0.1) is 0 Å². The molecule has 1 aliphatic rings. The van der Waals surface area contributed by atoms with E-state index in [2.05, 4.69) is 16.5 Å². The summed E-state index contributed by atoms with van der Waals surface area (Å²) in [5.41, 5.74) is 3.40. The van der Waals surface area contributed by atoms with E-state index in [1.165, 1.54) is 23.3 Å². The standard InChI is InChI=1S/C20H21N3OS/c24-20(19-14-15-6-4-5-9-18(15)25-19)21-12-10-16-11-13-23(22-16)17-7-2-1-3-8-17/h1-3,7-8,11,13-14H,4-6,9-10,12H2,(H,21,24). The highest BCUT2D eigenvalue weighted by Gasteiger charge is 2.17. The summed E-state index contributed by atoms with van der Waals surface area (Å²) in [6.45, 7) is 0.604. The number of nitrogens with one attached hydrogen (secondary N) is 1. The minimum absolute atomic E-state index is 0.0434. The summed E-state index contributed by atoms with van der Waals surface area (Å²) in [5, 5.41) is 7.60. The molecule has 2 aromatic heterocycles. The number of rotatable bonds is 5. The number of carbonyl (C=O) groups is 1. The fraction of sp³-hybridized carbons (Fsp3) is 0.300. The molecule has 0 bridgehead atoms. The van der Waals surface area contributed by atoms with E-state index in [9.17, 15) is 4.79 Å². The van der Waals surface area contributed by atoms with Crippen LogP contribution in [0.2, 0.25) is 0 Å². The van der Waals surface area contributed by atoms with Gasteiger partial charge in [0.05, 0.1) is 16.3 Å². The van der Waals surface area contributed by atoms with Crippen molar-refractivity contribution in [1.29, 1.82) is 0 Å². The number of hydrogen-bond acceptors (Lipinski definition) is 3. The molecule has 0 radical (unpaired) electrons. The Morgan fingerprint density at radius 3 is 2.84 bits per heavy atom. The van der Waals surface area contributed by atoms with Crippen molar-refractivity contribution >= 4 is 17.2 Å². The zero-order valence-corrected chi connectivity index (χ0v) is 14.9. The molecule has 4 nitrogen and oxygen atoms in total. The molecule has 0 spiro atoms. The summed E-state index contributed by atoms with van der Waals surface area (Å²) in [6.07, 6.45) is 7.43. The van der Waals surface area contributed by atoms with E-state index >= 15 is 0 Å². The van der Waals surface area contributed by atoms with Crippen LogP contribution < -0.4 is 5.32 Å². The monoisotopic (exact) mass is 351 g/mol. The van der Waals surface area contributed by atoms with Gasteiger partial charge in [-0.25, -0.2) is 4.68 Å². The highest BCUT2D eigenvalue weighted by molar-refractivity contribution is 7.14. The van der Waals surface area contributed by atoms with Crippen LogP contribution in [0.15, 0.2) is 48.7 Å². The molecule has 0 saturated carbocycles. The Bertz CT molecular complexity index is 843. The molecule has 0 unspecified atom stereocenters. The third kappa shape index (κ3) is 3.66. The Morgan fingerprint density at radius 2 is 2.00 bits per heavy atom. The number of para-hydroxylation sites is 1. The summed E-state index contributed by atoms with van der Waals surface area (Å²) in [4.78, 5) is 14.6. The third-order valence-electron chi connectivity index (χ3n) is 4.55. The molecular formula is C20H21N3OS. The van der Waals surface area contributed by atoms with E-state index in [-0.39, 0.29) is 5.91 Å². The summed E-state index contributed by atoms with van der Waals surface area (Å²) < 4.78 is 1.87. The lowest BCUT2D eigenvalue weighted by Crippen LogP contribution is -2.25. The topological polar surface area (TPSA) is 46.9 Å². The second kappa shape index (κ2) is 7.23. The van der Waals surface area contributed by atoms with Gasteiger partial charge >= 0.3 is 0 Å².